The summed E-state index contributed by atoms with van der Waals surface area (Å²) in [7, 11) is 0. The van der Waals surface area contributed by atoms with Crippen LogP contribution in [0.1, 0.15) is 31.7 Å². The summed E-state index contributed by atoms with van der Waals surface area (Å²) in [5, 5.41) is 0. The molecule has 0 spiro atoms. The van der Waals surface area contributed by atoms with Gasteiger partial charge in [-0.3, -0.25) is 9.59 Å². The van der Waals surface area contributed by atoms with Crippen LogP contribution in [0.15, 0.2) is 24.3 Å². The van der Waals surface area contributed by atoms with Gasteiger partial charge in [0.05, 0.1) is 0 Å². The van der Waals surface area contributed by atoms with E-state index in [-0.39, 0.29) is 5.91 Å². The van der Waals surface area contributed by atoms with Crippen LogP contribution in [0.25, 0.3) is 0 Å². The van der Waals surface area contributed by atoms with Crippen molar-refractivity contribution in [3.8, 4) is 0 Å². The molecule has 5 nitrogen and oxygen atoms in total. The molecule has 2 N–H and O–H groups in total. The second kappa shape index (κ2) is 7.24. The number of rotatable bonds is 6. The van der Waals surface area contributed by atoms with Crippen molar-refractivity contribution in [1.29, 1.82) is 0 Å². The van der Waals surface area contributed by atoms with E-state index in [1.165, 1.54) is 5.69 Å². The Labute approximate surface area is 143 Å². The number of aryl methyl sites for hydroxylation is 1. The second-order valence-electron chi connectivity index (χ2n) is 7.11. The lowest BCUT2D eigenvalue weighted by Crippen LogP contribution is -2.33. The summed E-state index contributed by atoms with van der Waals surface area (Å²) in [5.41, 5.74) is 7.62. The number of hydrogen-bond acceptors (Lipinski definition) is 3. The fourth-order valence-corrected chi connectivity index (χ4v) is 3.96. The first-order valence-corrected chi connectivity index (χ1v) is 8.96. The molecule has 2 atom stereocenters. The zero-order valence-corrected chi connectivity index (χ0v) is 14.4. The molecular weight excluding hydrogens is 302 g/mol. The van der Waals surface area contributed by atoms with Crippen molar-refractivity contribution in [2.45, 2.75) is 32.6 Å². The maximum absolute atomic E-state index is 12.1. The first kappa shape index (κ1) is 16.8. The minimum absolute atomic E-state index is 0.257. The van der Waals surface area contributed by atoms with Gasteiger partial charge in [-0.25, -0.2) is 0 Å². The normalized spacial score (nSPS) is 22.7. The number of amides is 2. The highest BCUT2D eigenvalue weighted by atomic mass is 16.2. The molecule has 2 unspecified atom stereocenters. The number of primary amides is 1. The van der Waals surface area contributed by atoms with Gasteiger partial charge in [-0.05, 0) is 30.5 Å². The van der Waals surface area contributed by atoms with Gasteiger partial charge < -0.3 is 15.5 Å². The van der Waals surface area contributed by atoms with Crippen LogP contribution in [0.3, 0.4) is 0 Å². The highest BCUT2D eigenvalue weighted by Gasteiger charge is 2.41. The first-order chi connectivity index (χ1) is 11.6. The second-order valence-corrected chi connectivity index (χ2v) is 7.11. The maximum atomic E-state index is 12.1. The Bertz CT molecular complexity index is 602. The largest absolute Gasteiger partial charge is 0.371 e. The number of carbonyl (C=O) groups is 2. The van der Waals surface area contributed by atoms with Crippen LogP contribution in [-0.2, 0) is 16.0 Å². The van der Waals surface area contributed by atoms with Crippen LogP contribution in [0.4, 0.5) is 5.69 Å². The number of nitrogens with two attached hydrogens (primary N) is 1. The molecule has 2 aliphatic rings. The van der Waals surface area contributed by atoms with E-state index in [0.717, 1.165) is 38.2 Å². The lowest BCUT2D eigenvalue weighted by Gasteiger charge is -2.23. The summed E-state index contributed by atoms with van der Waals surface area (Å²) < 4.78 is 0. The molecule has 5 heteroatoms. The molecule has 3 rings (SSSR count). The molecule has 2 heterocycles. The summed E-state index contributed by atoms with van der Waals surface area (Å²) in [5.74, 6) is 1.22. The Morgan fingerprint density at radius 1 is 1.12 bits per heavy atom. The summed E-state index contributed by atoms with van der Waals surface area (Å²) in [4.78, 5) is 27.5. The Kier molecular flexibility index (Phi) is 5.07. The number of carbonyl (C=O) groups excluding carboxylic acids is 2. The quantitative estimate of drug-likeness (QED) is 0.865. The lowest BCUT2D eigenvalue weighted by molar-refractivity contribution is -0.130. The van der Waals surface area contributed by atoms with E-state index in [0.29, 0.717) is 37.0 Å². The fraction of sp³-hybridized carbons (Fsp3) is 0.579. The average molecular weight is 329 g/mol. The van der Waals surface area contributed by atoms with E-state index in [1.54, 1.807) is 0 Å². The van der Waals surface area contributed by atoms with Crippen LogP contribution in [0.5, 0.6) is 0 Å². The topological polar surface area (TPSA) is 66.6 Å². The minimum Gasteiger partial charge on any atom is -0.371 e. The van der Waals surface area contributed by atoms with E-state index in [9.17, 15) is 9.59 Å². The van der Waals surface area contributed by atoms with Gasteiger partial charge in [-0.15, -0.1) is 0 Å². The molecule has 0 radical (unpaired) electrons. The number of likely N-dealkylation sites (tertiary alicyclic amines) is 1. The molecule has 24 heavy (non-hydrogen) atoms. The van der Waals surface area contributed by atoms with Gasteiger partial charge >= 0.3 is 0 Å². The van der Waals surface area contributed by atoms with Crippen LogP contribution in [-0.4, -0.2) is 42.9 Å². The molecule has 130 valence electrons. The van der Waals surface area contributed by atoms with Crippen LogP contribution < -0.4 is 10.6 Å². The zero-order valence-electron chi connectivity index (χ0n) is 14.4. The summed E-state index contributed by atoms with van der Waals surface area (Å²) in [6.07, 6.45) is 2.69. The SMILES string of the molecule is CCCC(=O)N1CC2CN(c3cccc(CCC(N)=O)c3)CC2C1. The van der Waals surface area contributed by atoms with Gasteiger partial charge in [0.15, 0.2) is 0 Å². The van der Waals surface area contributed by atoms with Crippen LogP contribution in [0.2, 0.25) is 0 Å². The predicted octanol–water partition coefficient (Wildman–Crippen LogP) is 1.80. The van der Waals surface area contributed by atoms with Gasteiger partial charge in [-0.2, -0.15) is 0 Å². The van der Waals surface area contributed by atoms with Gasteiger partial charge in [0, 0.05) is 56.5 Å². The molecule has 2 aliphatic heterocycles. The van der Waals surface area contributed by atoms with Crippen molar-refractivity contribution in [3.05, 3.63) is 29.8 Å². The molecular formula is C19H27N3O2. The third-order valence-corrected chi connectivity index (χ3v) is 5.24. The van der Waals surface area contributed by atoms with Crippen LogP contribution in [0, 0.1) is 11.8 Å². The van der Waals surface area contributed by atoms with Crippen LogP contribution >= 0.6 is 0 Å². The van der Waals surface area contributed by atoms with E-state index < -0.39 is 0 Å². The van der Waals surface area contributed by atoms with E-state index in [1.807, 2.05) is 0 Å². The molecule has 2 amide bonds. The van der Waals surface area contributed by atoms with Crippen molar-refractivity contribution in [2.75, 3.05) is 31.1 Å². The van der Waals surface area contributed by atoms with Crippen molar-refractivity contribution >= 4 is 17.5 Å². The van der Waals surface area contributed by atoms with E-state index in [4.69, 9.17) is 5.73 Å². The lowest BCUT2D eigenvalue weighted by atomic mass is 10.0. The standard InChI is InChI=1S/C19H27N3O2/c1-2-4-19(24)22-12-15-10-21(11-16(15)13-22)17-6-3-5-14(9-17)7-8-18(20)23/h3,5-6,9,15-16H,2,4,7-8,10-13H2,1H3,(H2,20,23). The monoisotopic (exact) mass is 329 g/mol. The average Bonchev–Trinajstić information content (AvgIpc) is 3.12. The number of benzene rings is 1. The molecule has 2 saturated heterocycles. The third-order valence-electron chi connectivity index (χ3n) is 5.24. The van der Waals surface area contributed by atoms with Gasteiger partial charge in [-0.1, -0.05) is 19.1 Å². The number of fused-ring (bicyclic) bond motifs is 1. The van der Waals surface area contributed by atoms with Gasteiger partial charge in [0.2, 0.25) is 11.8 Å². The van der Waals surface area contributed by atoms with Crippen molar-refractivity contribution < 1.29 is 9.59 Å². The Balaban J connectivity index is 1.59. The number of nitrogens with zero attached hydrogens (tertiary/aromatic N) is 2. The Morgan fingerprint density at radius 2 is 1.83 bits per heavy atom. The van der Waals surface area contributed by atoms with Crippen molar-refractivity contribution in [3.63, 3.8) is 0 Å². The highest BCUT2D eigenvalue weighted by molar-refractivity contribution is 5.76. The molecule has 1 aromatic rings. The summed E-state index contributed by atoms with van der Waals surface area (Å²) in [6, 6.07) is 8.41. The molecule has 0 aliphatic carbocycles. The summed E-state index contributed by atoms with van der Waals surface area (Å²) in [6.45, 7) is 5.89. The molecule has 2 fully saturated rings. The van der Waals surface area contributed by atoms with E-state index >= 15 is 0 Å². The maximum Gasteiger partial charge on any atom is 0.222 e. The Morgan fingerprint density at radius 3 is 2.46 bits per heavy atom. The minimum atomic E-state index is -0.257. The third kappa shape index (κ3) is 3.71. The number of hydrogen-bond donors (Lipinski definition) is 1. The predicted molar refractivity (Wildman–Crippen MR) is 94.6 cm³/mol. The van der Waals surface area contributed by atoms with Crippen molar-refractivity contribution in [2.24, 2.45) is 17.6 Å². The fourth-order valence-electron chi connectivity index (χ4n) is 3.96. The molecule has 1 aromatic carbocycles. The smallest absolute Gasteiger partial charge is 0.222 e. The molecule has 0 saturated carbocycles. The molecule has 0 bridgehead atoms. The number of anilines is 1. The van der Waals surface area contributed by atoms with Gasteiger partial charge in [0.25, 0.3) is 0 Å². The van der Waals surface area contributed by atoms with Gasteiger partial charge in [0.1, 0.15) is 0 Å². The first-order valence-electron chi connectivity index (χ1n) is 8.96. The highest BCUT2D eigenvalue weighted by Crippen LogP contribution is 2.34. The Hall–Kier alpha value is -2.04. The van der Waals surface area contributed by atoms with Crippen molar-refractivity contribution in [1.82, 2.24) is 4.90 Å². The zero-order chi connectivity index (χ0) is 17.1. The molecule has 0 aromatic heterocycles. The summed E-state index contributed by atoms with van der Waals surface area (Å²) >= 11 is 0. The van der Waals surface area contributed by atoms with E-state index in [2.05, 4.69) is 41.0 Å².